The zero-order valence-corrected chi connectivity index (χ0v) is 18.2. The molecular weight excluding hydrogens is 392 g/mol. The highest BCUT2D eigenvalue weighted by Crippen LogP contribution is 2.29. The molecule has 156 valence electrons. The first-order valence-corrected chi connectivity index (χ1v) is 11.0. The number of ether oxygens (including phenoxy) is 1. The van der Waals surface area contributed by atoms with E-state index in [0.717, 1.165) is 43.4 Å². The summed E-state index contributed by atoms with van der Waals surface area (Å²) in [5.74, 6) is 2.14. The Bertz CT molecular complexity index is 929. The minimum absolute atomic E-state index is 0.579. The summed E-state index contributed by atoms with van der Waals surface area (Å²) in [6, 6.07) is 27.3. The zero-order valence-electron chi connectivity index (χ0n) is 17.4. The Labute approximate surface area is 184 Å². The largest absolute Gasteiger partial charge is 0.496 e. The molecule has 0 aliphatic carbocycles. The van der Waals surface area contributed by atoms with E-state index < -0.39 is 0 Å². The minimum atomic E-state index is 0.579. The molecule has 1 aliphatic rings. The smallest absolute Gasteiger partial charge is 0.123 e. The van der Waals surface area contributed by atoms with E-state index in [0.29, 0.717) is 11.8 Å². The maximum atomic E-state index is 6.16. The van der Waals surface area contributed by atoms with Crippen molar-refractivity contribution in [2.24, 2.45) is 11.8 Å². The molecule has 0 amide bonds. The fourth-order valence-electron chi connectivity index (χ4n) is 4.39. The standard InChI is InChI=1S/C26H29ClN2O/c1-30-26-10-6-5-9-21(26)18-29(25-13-11-24(27)12-14-25)19-23-17-28-16-22(23)15-20-7-3-2-4-8-20/h2-14,22-23,28H,15-19H2,1H3/t22-,23?/m0/s1. The van der Waals surface area contributed by atoms with Crippen LogP contribution >= 0.6 is 11.6 Å². The maximum absolute atomic E-state index is 6.16. The van der Waals surface area contributed by atoms with Gasteiger partial charge in [0.1, 0.15) is 5.75 Å². The Kier molecular flexibility index (Phi) is 6.93. The molecule has 1 aliphatic heterocycles. The van der Waals surface area contributed by atoms with Crippen LogP contribution in [0.25, 0.3) is 0 Å². The van der Waals surface area contributed by atoms with E-state index in [2.05, 4.69) is 64.8 Å². The second-order valence-electron chi connectivity index (χ2n) is 8.04. The summed E-state index contributed by atoms with van der Waals surface area (Å²) in [7, 11) is 1.74. The molecule has 1 N–H and O–H groups in total. The van der Waals surface area contributed by atoms with E-state index in [1.54, 1.807) is 7.11 Å². The lowest BCUT2D eigenvalue weighted by Crippen LogP contribution is -2.33. The number of nitrogens with zero attached hydrogens (tertiary/aromatic N) is 1. The van der Waals surface area contributed by atoms with Crippen LogP contribution in [0.15, 0.2) is 78.9 Å². The van der Waals surface area contributed by atoms with Crippen molar-refractivity contribution in [2.45, 2.75) is 13.0 Å². The third kappa shape index (κ3) is 5.16. The van der Waals surface area contributed by atoms with Crippen molar-refractivity contribution in [2.75, 3.05) is 31.6 Å². The molecule has 1 unspecified atom stereocenters. The van der Waals surface area contributed by atoms with Crippen molar-refractivity contribution in [1.29, 1.82) is 0 Å². The number of rotatable bonds is 8. The van der Waals surface area contributed by atoms with E-state index in [1.165, 1.54) is 16.8 Å². The van der Waals surface area contributed by atoms with Crippen LogP contribution in [0.1, 0.15) is 11.1 Å². The molecule has 4 rings (SSSR count). The van der Waals surface area contributed by atoms with Gasteiger partial charge < -0.3 is 15.0 Å². The van der Waals surface area contributed by atoms with Crippen LogP contribution in [-0.4, -0.2) is 26.7 Å². The normalized spacial score (nSPS) is 18.3. The van der Waals surface area contributed by atoms with Gasteiger partial charge in [-0.1, -0.05) is 60.1 Å². The molecule has 0 spiro atoms. The lowest BCUT2D eigenvalue weighted by atomic mass is 9.89. The molecule has 1 saturated heterocycles. The van der Waals surface area contributed by atoms with Gasteiger partial charge in [0, 0.05) is 29.4 Å². The molecular formula is C26H29ClN2O. The van der Waals surface area contributed by atoms with Gasteiger partial charge in [-0.3, -0.25) is 0 Å². The molecule has 4 heteroatoms. The third-order valence-electron chi connectivity index (χ3n) is 6.02. The van der Waals surface area contributed by atoms with Crippen LogP contribution in [0.4, 0.5) is 5.69 Å². The van der Waals surface area contributed by atoms with Gasteiger partial charge in [-0.2, -0.15) is 0 Å². The van der Waals surface area contributed by atoms with Crippen LogP contribution in [0.5, 0.6) is 5.75 Å². The molecule has 0 bridgehead atoms. The van der Waals surface area contributed by atoms with E-state index in [-0.39, 0.29) is 0 Å². The summed E-state index contributed by atoms with van der Waals surface area (Å²) in [4.78, 5) is 2.46. The van der Waals surface area contributed by atoms with Crippen molar-refractivity contribution in [3.05, 3.63) is 95.0 Å². The van der Waals surface area contributed by atoms with Crippen molar-refractivity contribution in [3.8, 4) is 5.75 Å². The lowest BCUT2D eigenvalue weighted by molar-refractivity contribution is 0.401. The third-order valence-corrected chi connectivity index (χ3v) is 6.27. The van der Waals surface area contributed by atoms with Crippen molar-refractivity contribution < 1.29 is 4.74 Å². The average Bonchev–Trinajstić information content (AvgIpc) is 3.21. The molecule has 3 aromatic rings. The molecule has 0 saturated carbocycles. The monoisotopic (exact) mass is 420 g/mol. The molecule has 30 heavy (non-hydrogen) atoms. The number of para-hydroxylation sites is 1. The average molecular weight is 421 g/mol. The van der Waals surface area contributed by atoms with E-state index in [4.69, 9.17) is 16.3 Å². The topological polar surface area (TPSA) is 24.5 Å². The summed E-state index contributed by atoms with van der Waals surface area (Å²) < 4.78 is 5.61. The van der Waals surface area contributed by atoms with E-state index in [1.807, 2.05) is 24.3 Å². The fourth-order valence-corrected chi connectivity index (χ4v) is 4.52. The van der Waals surface area contributed by atoms with Gasteiger partial charge in [0.05, 0.1) is 7.11 Å². The van der Waals surface area contributed by atoms with E-state index >= 15 is 0 Å². The van der Waals surface area contributed by atoms with Crippen molar-refractivity contribution in [3.63, 3.8) is 0 Å². The van der Waals surface area contributed by atoms with Gasteiger partial charge in [-0.25, -0.2) is 0 Å². The number of hydrogen-bond donors (Lipinski definition) is 1. The van der Waals surface area contributed by atoms with Crippen molar-refractivity contribution in [1.82, 2.24) is 5.32 Å². The Morgan fingerprint density at radius 2 is 1.60 bits per heavy atom. The van der Waals surface area contributed by atoms with Crippen LogP contribution in [0.3, 0.4) is 0 Å². The number of halogens is 1. The maximum Gasteiger partial charge on any atom is 0.123 e. The number of nitrogens with one attached hydrogen (secondary N) is 1. The van der Waals surface area contributed by atoms with Crippen LogP contribution in [-0.2, 0) is 13.0 Å². The zero-order chi connectivity index (χ0) is 20.8. The first-order chi connectivity index (χ1) is 14.7. The van der Waals surface area contributed by atoms with Gasteiger partial charge in [-0.15, -0.1) is 0 Å². The van der Waals surface area contributed by atoms with Gasteiger partial charge in [0.25, 0.3) is 0 Å². The lowest BCUT2D eigenvalue weighted by Gasteiger charge is -2.31. The number of anilines is 1. The highest BCUT2D eigenvalue weighted by molar-refractivity contribution is 6.30. The molecule has 0 aromatic heterocycles. The number of methoxy groups -OCH3 is 1. The predicted molar refractivity (Wildman–Crippen MR) is 125 cm³/mol. The molecule has 3 aromatic carbocycles. The van der Waals surface area contributed by atoms with Gasteiger partial charge in [-0.05, 0) is 67.2 Å². The summed E-state index contributed by atoms with van der Waals surface area (Å²) in [6.45, 7) is 3.92. The Hall–Kier alpha value is -2.49. The first-order valence-electron chi connectivity index (χ1n) is 10.6. The SMILES string of the molecule is COc1ccccc1CN(CC1CNC[C@@H]1Cc1ccccc1)c1ccc(Cl)cc1. The highest BCUT2D eigenvalue weighted by Gasteiger charge is 2.29. The molecule has 1 heterocycles. The van der Waals surface area contributed by atoms with Crippen LogP contribution in [0, 0.1) is 11.8 Å². The van der Waals surface area contributed by atoms with E-state index in [9.17, 15) is 0 Å². The van der Waals surface area contributed by atoms with Gasteiger partial charge in [0.2, 0.25) is 0 Å². The van der Waals surface area contributed by atoms with Gasteiger partial charge >= 0.3 is 0 Å². The Balaban J connectivity index is 1.55. The second kappa shape index (κ2) is 10.0. The van der Waals surface area contributed by atoms with Crippen LogP contribution < -0.4 is 15.0 Å². The number of benzene rings is 3. The molecule has 1 fully saturated rings. The Morgan fingerprint density at radius 3 is 2.37 bits per heavy atom. The molecule has 0 radical (unpaired) electrons. The quantitative estimate of drug-likeness (QED) is 0.525. The van der Waals surface area contributed by atoms with Crippen molar-refractivity contribution >= 4 is 17.3 Å². The number of hydrogen-bond acceptors (Lipinski definition) is 3. The summed E-state index contributed by atoms with van der Waals surface area (Å²) in [5.41, 5.74) is 3.80. The molecule has 2 atom stereocenters. The summed E-state index contributed by atoms with van der Waals surface area (Å²) >= 11 is 6.16. The fraction of sp³-hybridized carbons (Fsp3) is 0.308. The highest BCUT2D eigenvalue weighted by atomic mass is 35.5. The van der Waals surface area contributed by atoms with Gasteiger partial charge in [0.15, 0.2) is 0 Å². The second-order valence-corrected chi connectivity index (χ2v) is 8.47. The minimum Gasteiger partial charge on any atom is -0.496 e. The molecule has 3 nitrogen and oxygen atoms in total. The summed E-state index contributed by atoms with van der Waals surface area (Å²) in [5, 5.41) is 4.39. The first kappa shape index (κ1) is 20.8. The predicted octanol–water partition coefficient (Wildman–Crippen LogP) is 5.43. The van der Waals surface area contributed by atoms with Crippen LogP contribution in [0.2, 0.25) is 5.02 Å². The summed E-state index contributed by atoms with van der Waals surface area (Å²) in [6.07, 6.45) is 1.11. The Morgan fingerprint density at radius 1 is 0.900 bits per heavy atom.